The molecule has 4 nitrogen and oxygen atoms in total. The van der Waals surface area contributed by atoms with Crippen LogP contribution in [0, 0.1) is 0 Å². The van der Waals surface area contributed by atoms with E-state index in [1.54, 1.807) is 13.1 Å². The maximum Gasteiger partial charge on any atom is 0.170 e. The number of anilines is 1. The molecule has 2 aromatic rings. The minimum Gasteiger partial charge on any atom is -0.366 e. The molecular weight excluding hydrogens is 252 g/mol. The van der Waals surface area contributed by atoms with Gasteiger partial charge in [-0.2, -0.15) is 8.75 Å². The van der Waals surface area contributed by atoms with E-state index in [1.165, 1.54) is 0 Å². The van der Waals surface area contributed by atoms with Crippen LogP contribution < -0.4 is 10.6 Å². The van der Waals surface area contributed by atoms with Crippen LogP contribution in [0.5, 0.6) is 0 Å². The molecule has 0 radical (unpaired) electrons. The number of nitrogens with one attached hydrogen (secondary N) is 2. The summed E-state index contributed by atoms with van der Waals surface area (Å²) in [6.45, 7) is 0. The summed E-state index contributed by atoms with van der Waals surface area (Å²) in [4.78, 5) is 0. The maximum absolute atomic E-state index is 6.05. The molecule has 78 valence electrons. The van der Waals surface area contributed by atoms with Crippen molar-refractivity contribution < 1.29 is 0 Å². The highest BCUT2D eigenvalue weighted by molar-refractivity contribution is 7.80. The molecule has 0 fully saturated rings. The van der Waals surface area contributed by atoms with Crippen molar-refractivity contribution in [2.24, 2.45) is 0 Å². The number of thiocarbonyl (C=S) groups is 1. The van der Waals surface area contributed by atoms with Crippen LogP contribution in [0.2, 0.25) is 5.02 Å². The molecule has 0 bridgehead atoms. The van der Waals surface area contributed by atoms with E-state index in [9.17, 15) is 0 Å². The third-order valence-corrected chi connectivity index (χ3v) is 3.01. The molecule has 0 spiro atoms. The molecule has 1 heterocycles. The summed E-state index contributed by atoms with van der Waals surface area (Å²) in [5.41, 5.74) is 2.25. The Labute approximate surface area is 101 Å². The van der Waals surface area contributed by atoms with Crippen molar-refractivity contribution >= 4 is 57.4 Å². The van der Waals surface area contributed by atoms with Crippen molar-refractivity contribution in [1.29, 1.82) is 0 Å². The van der Waals surface area contributed by atoms with E-state index < -0.39 is 0 Å². The summed E-state index contributed by atoms with van der Waals surface area (Å²) >= 11 is 12.2. The number of hydrogen-bond acceptors (Lipinski definition) is 4. The molecular formula is C8H7ClN4S2. The fraction of sp³-hybridized carbons (Fsp3) is 0.125. The van der Waals surface area contributed by atoms with Gasteiger partial charge in [-0.15, -0.1) is 0 Å². The van der Waals surface area contributed by atoms with Crippen LogP contribution in [0.15, 0.2) is 12.1 Å². The molecule has 0 atom stereocenters. The zero-order chi connectivity index (χ0) is 10.8. The van der Waals surface area contributed by atoms with E-state index in [-0.39, 0.29) is 0 Å². The Morgan fingerprint density at radius 1 is 1.47 bits per heavy atom. The first-order valence-corrected chi connectivity index (χ1v) is 5.63. The summed E-state index contributed by atoms with van der Waals surface area (Å²) in [6, 6.07) is 3.60. The Hall–Kier alpha value is -0.980. The van der Waals surface area contributed by atoms with Crippen LogP contribution in [0.1, 0.15) is 0 Å². The van der Waals surface area contributed by atoms with Crippen LogP contribution in [-0.4, -0.2) is 20.9 Å². The van der Waals surface area contributed by atoms with Gasteiger partial charge in [0.2, 0.25) is 0 Å². The summed E-state index contributed by atoms with van der Waals surface area (Å²) in [7, 11) is 1.74. The van der Waals surface area contributed by atoms with E-state index in [4.69, 9.17) is 23.8 Å². The lowest BCUT2D eigenvalue weighted by Crippen LogP contribution is -2.24. The second-order valence-corrected chi connectivity index (χ2v) is 4.10. The van der Waals surface area contributed by atoms with Crippen molar-refractivity contribution in [3.63, 3.8) is 0 Å². The standard InChI is InChI=1S/C8H7ClN4S2/c1-10-8(14)11-6-4(9)2-3-5-7(6)13-15-12-5/h2-3H,1H3,(H2,10,11,14). The minimum absolute atomic E-state index is 0.498. The van der Waals surface area contributed by atoms with Crippen LogP contribution in [0.3, 0.4) is 0 Å². The largest absolute Gasteiger partial charge is 0.366 e. The lowest BCUT2D eigenvalue weighted by Gasteiger charge is -2.08. The average molecular weight is 259 g/mol. The van der Waals surface area contributed by atoms with Gasteiger partial charge in [0.1, 0.15) is 11.0 Å². The molecule has 0 saturated carbocycles. The third kappa shape index (κ3) is 2.01. The minimum atomic E-state index is 0.498. The topological polar surface area (TPSA) is 49.8 Å². The van der Waals surface area contributed by atoms with Gasteiger partial charge < -0.3 is 10.6 Å². The first-order valence-electron chi connectivity index (χ1n) is 4.12. The smallest absolute Gasteiger partial charge is 0.170 e. The summed E-state index contributed by atoms with van der Waals surface area (Å²) < 4.78 is 8.28. The Morgan fingerprint density at radius 3 is 3.00 bits per heavy atom. The predicted octanol–water partition coefficient (Wildman–Crippen LogP) is 2.26. The highest BCUT2D eigenvalue weighted by atomic mass is 35.5. The molecule has 0 aliphatic carbocycles. The highest BCUT2D eigenvalue weighted by Gasteiger charge is 2.10. The van der Waals surface area contributed by atoms with E-state index in [0.717, 1.165) is 22.8 Å². The fourth-order valence-electron chi connectivity index (χ4n) is 1.12. The van der Waals surface area contributed by atoms with Gasteiger partial charge in [0.05, 0.1) is 22.4 Å². The van der Waals surface area contributed by atoms with E-state index in [1.807, 2.05) is 6.07 Å². The lowest BCUT2D eigenvalue weighted by atomic mass is 10.2. The highest BCUT2D eigenvalue weighted by Crippen LogP contribution is 2.29. The Balaban J connectivity index is 2.51. The van der Waals surface area contributed by atoms with Crippen LogP contribution in [-0.2, 0) is 0 Å². The lowest BCUT2D eigenvalue weighted by molar-refractivity contribution is 1.20. The van der Waals surface area contributed by atoms with Gasteiger partial charge in [0.15, 0.2) is 5.11 Å². The van der Waals surface area contributed by atoms with Crippen LogP contribution in [0.25, 0.3) is 11.0 Å². The Bertz CT molecular complexity index is 510. The molecule has 0 saturated heterocycles. The molecule has 0 aliphatic rings. The van der Waals surface area contributed by atoms with Crippen molar-refractivity contribution in [2.75, 3.05) is 12.4 Å². The molecule has 0 unspecified atom stereocenters. The van der Waals surface area contributed by atoms with Gasteiger partial charge in [-0.05, 0) is 24.4 Å². The van der Waals surface area contributed by atoms with Gasteiger partial charge in [-0.3, -0.25) is 0 Å². The number of hydrogen-bond donors (Lipinski definition) is 2. The van der Waals surface area contributed by atoms with Gasteiger partial charge in [-0.25, -0.2) is 0 Å². The number of nitrogens with zero attached hydrogens (tertiary/aromatic N) is 2. The maximum atomic E-state index is 6.05. The quantitative estimate of drug-likeness (QED) is 0.769. The zero-order valence-electron chi connectivity index (χ0n) is 7.74. The SMILES string of the molecule is CNC(=S)Nc1c(Cl)ccc2nsnc12. The van der Waals surface area contributed by atoms with Crippen LogP contribution >= 0.6 is 35.5 Å². The number of aromatic nitrogens is 2. The third-order valence-electron chi connectivity index (χ3n) is 1.84. The van der Waals surface area contributed by atoms with Crippen molar-refractivity contribution in [3.05, 3.63) is 17.2 Å². The zero-order valence-corrected chi connectivity index (χ0v) is 10.1. The summed E-state index contributed by atoms with van der Waals surface area (Å²) in [6.07, 6.45) is 0. The van der Waals surface area contributed by atoms with E-state index >= 15 is 0 Å². The second kappa shape index (κ2) is 4.26. The number of benzene rings is 1. The monoisotopic (exact) mass is 258 g/mol. The normalized spacial score (nSPS) is 10.3. The van der Waals surface area contributed by atoms with Crippen LogP contribution in [0.4, 0.5) is 5.69 Å². The molecule has 2 N–H and O–H groups in total. The van der Waals surface area contributed by atoms with Crippen molar-refractivity contribution in [1.82, 2.24) is 14.1 Å². The molecule has 1 aromatic heterocycles. The van der Waals surface area contributed by atoms with Gasteiger partial charge in [0.25, 0.3) is 0 Å². The second-order valence-electron chi connectivity index (χ2n) is 2.76. The molecule has 2 rings (SSSR count). The first kappa shape index (κ1) is 10.5. The van der Waals surface area contributed by atoms with Gasteiger partial charge in [-0.1, -0.05) is 11.6 Å². The molecule has 15 heavy (non-hydrogen) atoms. The van der Waals surface area contributed by atoms with Gasteiger partial charge >= 0.3 is 0 Å². The number of halogens is 1. The van der Waals surface area contributed by atoms with Crippen molar-refractivity contribution in [2.45, 2.75) is 0 Å². The molecule has 7 heteroatoms. The van der Waals surface area contributed by atoms with E-state index in [2.05, 4.69) is 19.4 Å². The summed E-state index contributed by atoms with van der Waals surface area (Å²) in [5, 5.41) is 6.87. The summed E-state index contributed by atoms with van der Waals surface area (Å²) in [5.74, 6) is 0. The average Bonchev–Trinajstić information content (AvgIpc) is 2.70. The van der Waals surface area contributed by atoms with Gasteiger partial charge in [0, 0.05) is 7.05 Å². The molecule has 1 aromatic carbocycles. The van der Waals surface area contributed by atoms with E-state index in [0.29, 0.717) is 15.8 Å². The first-order chi connectivity index (χ1) is 7.22. The number of fused-ring (bicyclic) bond motifs is 1. The van der Waals surface area contributed by atoms with Crippen molar-refractivity contribution in [3.8, 4) is 0 Å². The Kier molecular flexibility index (Phi) is 2.99. The molecule has 0 amide bonds. The fourth-order valence-corrected chi connectivity index (χ4v) is 1.97. The number of rotatable bonds is 1. The predicted molar refractivity (Wildman–Crippen MR) is 67.7 cm³/mol. The Morgan fingerprint density at radius 2 is 2.27 bits per heavy atom. The molecule has 0 aliphatic heterocycles.